The number of hydrogen-bond acceptors (Lipinski definition) is 5. The molecular formula is C21H42ClNO5. The van der Waals surface area contributed by atoms with Crippen LogP contribution in [0, 0.1) is 0 Å². The summed E-state index contributed by atoms with van der Waals surface area (Å²) in [5, 5.41) is 9.40. The van der Waals surface area contributed by atoms with Crippen LogP contribution in [0.5, 0.6) is 0 Å². The van der Waals surface area contributed by atoms with Crippen LogP contribution in [-0.4, -0.2) is 41.6 Å². The number of carbonyl (C=O) groups is 2. The minimum atomic E-state index is -0.547. The zero-order chi connectivity index (χ0) is 20.4. The molecule has 0 aromatic rings. The van der Waals surface area contributed by atoms with E-state index in [0.717, 1.165) is 51.4 Å². The van der Waals surface area contributed by atoms with E-state index in [1.54, 1.807) is 0 Å². The van der Waals surface area contributed by atoms with Gasteiger partial charge in [-0.2, -0.15) is 0 Å². The van der Waals surface area contributed by atoms with Gasteiger partial charge >= 0.3 is 11.9 Å². The Labute approximate surface area is 177 Å². The third-order valence-electron chi connectivity index (χ3n) is 4.51. The summed E-state index contributed by atoms with van der Waals surface area (Å²) in [7, 11) is 0. The third-order valence-corrected chi connectivity index (χ3v) is 4.51. The normalized spacial score (nSPS) is 11.0. The van der Waals surface area contributed by atoms with Crippen molar-refractivity contribution < 1.29 is 41.6 Å². The first-order valence-electron chi connectivity index (χ1n) is 11.0. The second-order valence-corrected chi connectivity index (χ2v) is 7.24. The van der Waals surface area contributed by atoms with E-state index in [9.17, 15) is 14.7 Å². The highest BCUT2D eigenvalue weighted by molar-refractivity contribution is 5.69. The molecule has 0 saturated heterocycles. The van der Waals surface area contributed by atoms with E-state index in [0.29, 0.717) is 25.8 Å². The average Bonchev–Trinajstić information content (AvgIpc) is 2.61. The van der Waals surface area contributed by atoms with Crippen LogP contribution in [0.15, 0.2) is 0 Å². The maximum absolute atomic E-state index is 12.2. The molecule has 0 saturated carbocycles. The van der Waals surface area contributed by atoms with E-state index < -0.39 is 4.81 Å². The first-order chi connectivity index (χ1) is 13.0. The topological polar surface area (TPSA) is 72.8 Å². The number of halogens is 1. The van der Waals surface area contributed by atoms with Crippen LogP contribution >= 0.6 is 0 Å². The number of hydroxylamine groups is 4. The van der Waals surface area contributed by atoms with Gasteiger partial charge in [0.25, 0.3) is 0 Å². The molecular weight excluding hydrogens is 382 g/mol. The van der Waals surface area contributed by atoms with Gasteiger partial charge in [-0.3, -0.25) is 0 Å². The zero-order valence-electron chi connectivity index (χ0n) is 18.2. The Morgan fingerprint density at radius 3 is 1.46 bits per heavy atom. The number of aliphatic hydroxyl groups is 1. The highest BCUT2D eigenvalue weighted by Gasteiger charge is 2.37. The molecule has 7 heteroatoms. The molecule has 0 atom stereocenters. The first-order valence-corrected chi connectivity index (χ1v) is 11.0. The molecule has 0 aliphatic heterocycles. The van der Waals surface area contributed by atoms with Crippen molar-refractivity contribution in [2.75, 3.05) is 19.7 Å². The SMILES string of the molecule is CCCCCCCC(=O)O[N+](CCC)(CCO)OC(=O)CCCCCCC.[Cl-]. The molecule has 0 rings (SSSR count). The molecule has 6 nitrogen and oxygen atoms in total. The summed E-state index contributed by atoms with van der Waals surface area (Å²) in [5.74, 6) is -0.742. The van der Waals surface area contributed by atoms with Gasteiger partial charge in [0.1, 0.15) is 6.61 Å². The van der Waals surface area contributed by atoms with Gasteiger partial charge in [-0.1, -0.05) is 72.1 Å². The number of nitrogens with zero attached hydrogens (tertiary/aromatic N) is 1. The molecule has 0 aliphatic carbocycles. The second-order valence-electron chi connectivity index (χ2n) is 7.24. The van der Waals surface area contributed by atoms with E-state index in [1.807, 2.05) is 6.92 Å². The number of unbranched alkanes of at least 4 members (excludes halogenated alkanes) is 8. The van der Waals surface area contributed by atoms with Crippen molar-refractivity contribution in [3.63, 3.8) is 0 Å². The molecule has 0 aliphatic rings. The third kappa shape index (κ3) is 15.1. The summed E-state index contributed by atoms with van der Waals surface area (Å²) in [6.45, 7) is 6.44. The maximum Gasteiger partial charge on any atom is 0.372 e. The van der Waals surface area contributed by atoms with Gasteiger partial charge < -0.3 is 17.5 Å². The Kier molecular flexibility index (Phi) is 20.4. The van der Waals surface area contributed by atoms with E-state index in [4.69, 9.17) is 9.68 Å². The summed E-state index contributed by atoms with van der Waals surface area (Å²) in [6.07, 6.45) is 11.7. The predicted octanol–water partition coefficient (Wildman–Crippen LogP) is 1.85. The molecule has 0 fully saturated rings. The van der Waals surface area contributed by atoms with Crippen molar-refractivity contribution in [3.8, 4) is 0 Å². The summed E-state index contributed by atoms with van der Waals surface area (Å²) in [5.41, 5.74) is 0. The van der Waals surface area contributed by atoms with Gasteiger partial charge in [0, 0.05) is 11.2 Å². The standard InChI is InChI=1S/C21H42NO5.ClH/c1-4-7-9-11-13-15-20(24)26-22(17-6-3,18-19-23)27-21(25)16-14-12-10-8-5-2;/h23H,4-19H2,1-3H3;1H/q+1;/p-1. The zero-order valence-corrected chi connectivity index (χ0v) is 19.0. The molecule has 0 radical (unpaired) electrons. The average molecular weight is 424 g/mol. The van der Waals surface area contributed by atoms with Gasteiger partial charge in [0.15, 0.2) is 13.1 Å². The van der Waals surface area contributed by atoms with Gasteiger partial charge in [-0.25, -0.2) is 19.3 Å². The number of quaternary nitrogens is 1. The lowest BCUT2D eigenvalue weighted by atomic mass is 10.1. The predicted molar refractivity (Wildman–Crippen MR) is 106 cm³/mol. The van der Waals surface area contributed by atoms with Crippen molar-refractivity contribution in [2.45, 2.75) is 104 Å². The summed E-state index contributed by atoms with van der Waals surface area (Å²) in [6, 6.07) is 0. The molecule has 0 aromatic heterocycles. The lowest BCUT2D eigenvalue weighted by Crippen LogP contribution is -3.00. The van der Waals surface area contributed by atoms with Crippen molar-refractivity contribution in [1.82, 2.24) is 0 Å². The number of carbonyl (C=O) groups excluding carboxylic acids is 2. The minimum absolute atomic E-state index is 0. The quantitative estimate of drug-likeness (QED) is 0.207. The lowest BCUT2D eigenvalue weighted by Gasteiger charge is -2.30. The Balaban J connectivity index is 0. The van der Waals surface area contributed by atoms with Crippen LogP contribution < -0.4 is 12.4 Å². The molecule has 0 unspecified atom stereocenters. The van der Waals surface area contributed by atoms with Crippen LogP contribution in [0.3, 0.4) is 0 Å². The Morgan fingerprint density at radius 1 is 0.679 bits per heavy atom. The van der Waals surface area contributed by atoms with E-state index >= 15 is 0 Å². The minimum Gasteiger partial charge on any atom is -1.00 e. The number of hydrogen-bond donors (Lipinski definition) is 1. The summed E-state index contributed by atoms with van der Waals surface area (Å²) >= 11 is 0. The molecule has 0 spiro atoms. The molecule has 0 heterocycles. The Bertz CT molecular complexity index is 357. The van der Waals surface area contributed by atoms with Crippen LogP contribution in [-0.2, 0) is 19.3 Å². The van der Waals surface area contributed by atoms with Crippen molar-refractivity contribution in [2.24, 2.45) is 0 Å². The highest BCUT2D eigenvalue weighted by atomic mass is 35.5. The van der Waals surface area contributed by atoms with Gasteiger partial charge in [0.2, 0.25) is 0 Å². The first kappa shape index (κ1) is 29.4. The van der Waals surface area contributed by atoms with Crippen LogP contribution in [0.25, 0.3) is 0 Å². The Hall–Kier alpha value is -0.850. The lowest BCUT2D eigenvalue weighted by molar-refractivity contribution is -1.22. The number of rotatable bonds is 18. The van der Waals surface area contributed by atoms with E-state index in [1.165, 1.54) is 12.8 Å². The van der Waals surface area contributed by atoms with E-state index in [2.05, 4.69) is 13.8 Å². The summed E-state index contributed by atoms with van der Waals surface area (Å²) < 4.78 is 0. The molecule has 0 aromatic carbocycles. The van der Waals surface area contributed by atoms with Crippen molar-refractivity contribution in [3.05, 3.63) is 0 Å². The monoisotopic (exact) mass is 423 g/mol. The smallest absolute Gasteiger partial charge is 0.372 e. The molecule has 1 N–H and O–H groups in total. The molecule has 168 valence electrons. The van der Waals surface area contributed by atoms with Crippen LogP contribution in [0.4, 0.5) is 0 Å². The second kappa shape index (κ2) is 19.5. The molecule has 28 heavy (non-hydrogen) atoms. The van der Waals surface area contributed by atoms with Crippen molar-refractivity contribution in [1.29, 1.82) is 0 Å². The van der Waals surface area contributed by atoms with Gasteiger partial charge in [-0.15, -0.1) is 0 Å². The summed E-state index contributed by atoms with van der Waals surface area (Å²) in [4.78, 5) is 35.0. The maximum atomic E-state index is 12.2. The number of aliphatic hydroxyl groups excluding tert-OH is 1. The van der Waals surface area contributed by atoms with E-state index in [-0.39, 0.29) is 37.5 Å². The molecule has 0 bridgehead atoms. The van der Waals surface area contributed by atoms with Crippen molar-refractivity contribution >= 4 is 11.9 Å². The van der Waals surface area contributed by atoms with Gasteiger partial charge in [0.05, 0.1) is 12.8 Å². The van der Waals surface area contributed by atoms with Crippen LogP contribution in [0.1, 0.15) is 104 Å². The van der Waals surface area contributed by atoms with Gasteiger partial charge in [-0.05, 0) is 12.8 Å². The largest absolute Gasteiger partial charge is 1.00 e. The Morgan fingerprint density at radius 2 is 1.11 bits per heavy atom. The fourth-order valence-electron chi connectivity index (χ4n) is 3.01. The fourth-order valence-corrected chi connectivity index (χ4v) is 3.01. The highest BCUT2D eigenvalue weighted by Crippen LogP contribution is 2.17. The van der Waals surface area contributed by atoms with Crippen LogP contribution in [0.2, 0.25) is 0 Å². The molecule has 0 amide bonds. The fraction of sp³-hybridized carbons (Fsp3) is 0.905.